The minimum atomic E-state index is -0.506. The smallest absolute Gasteiger partial charge is 0.271 e. The summed E-state index contributed by atoms with van der Waals surface area (Å²) >= 11 is 0. The van der Waals surface area contributed by atoms with Gasteiger partial charge in [-0.05, 0) is 48.9 Å². The zero-order valence-electron chi connectivity index (χ0n) is 14.2. The number of benzene rings is 2. The van der Waals surface area contributed by atoms with Gasteiger partial charge in [0.1, 0.15) is 0 Å². The summed E-state index contributed by atoms with van der Waals surface area (Å²) in [6, 6.07) is 9.18. The summed E-state index contributed by atoms with van der Waals surface area (Å²) in [5.74, 6) is 0.220. The number of nitrogens with one attached hydrogen (secondary N) is 1. The lowest BCUT2D eigenvalue weighted by atomic mass is 10.2. The van der Waals surface area contributed by atoms with Crippen molar-refractivity contribution in [3.63, 3.8) is 0 Å². The van der Waals surface area contributed by atoms with Crippen molar-refractivity contribution >= 4 is 12.1 Å². The number of halogens is 1. The predicted molar refractivity (Wildman–Crippen MR) is 92.2 cm³/mol. The molecule has 0 saturated carbocycles. The average molecular weight is 346 g/mol. The molecule has 0 atom stereocenters. The van der Waals surface area contributed by atoms with E-state index in [0.29, 0.717) is 29.2 Å². The van der Waals surface area contributed by atoms with Gasteiger partial charge in [0.15, 0.2) is 23.1 Å². The van der Waals surface area contributed by atoms with Crippen LogP contribution in [0.15, 0.2) is 41.5 Å². The zero-order chi connectivity index (χ0) is 18.2. The highest BCUT2D eigenvalue weighted by molar-refractivity contribution is 5.95. The largest absolute Gasteiger partial charge is 0.494 e. The van der Waals surface area contributed by atoms with Crippen LogP contribution >= 0.6 is 0 Å². The highest BCUT2D eigenvalue weighted by atomic mass is 19.1. The van der Waals surface area contributed by atoms with Crippen LogP contribution in [0.4, 0.5) is 4.39 Å². The Balaban J connectivity index is 2.05. The van der Waals surface area contributed by atoms with Crippen LogP contribution in [0, 0.1) is 5.82 Å². The Morgan fingerprint density at radius 2 is 1.84 bits per heavy atom. The van der Waals surface area contributed by atoms with Crippen LogP contribution in [0.3, 0.4) is 0 Å². The molecule has 6 nitrogen and oxygen atoms in total. The van der Waals surface area contributed by atoms with Crippen LogP contribution in [-0.2, 0) is 0 Å². The second-order valence-corrected chi connectivity index (χ2v) is 4.89. The Morgan fingerprint density at radius 1 is 1.12 bits per heavy atom. The Hall–Kier alpha value is -3.09. The first-order chi connectivity index (χ1) is 12.1. The van der Waals surface area contributed by atoms with Gasteiger partial charge in [-0.2, -0.15) is 5.10 Å². The molecule has 0 radical (unpaired) electrons. The molecular weight excluding hydrogens is 327 g/mol. The van der Waals surface area contributed by atoms with Gasteiger partial charge in [0.2, 0.25) is 0 Å². The number of carbonyl (C=O) groups excluding carboxylic acids is 1. The topological polar surface area (TPSA) is 69.2 Å². The van der Waals surface area contributed by atoms with Gasteiger partial charge in [0, 0.05) is 5.56 Å². The number of carbonyl (C=O) groups is 1. The van der Waals surface area contributed by atoms with Gasteiger partial charge in [-0.15, -0.1) is 0 Å². The van der Waals surface area contributed by atoms with E-state index < -0.39 is 11.7 Å². The van der Waals surface area contributed by atoms with E-state index in [4.69, 9.17) is 14.2 Å². The molecule has 0 aliphatic carbocycles. The molecule has 0 bridgehead atoms. The van der Waals surface area contributed by atoms with Crippen LogP contribution in [0.25, 0.3) is 0 Å². The highest BCUT2D eigenvalue weighted by Gasteiger charge is 2.10. The molecule has 0 fully saturated rings. The molecule has 0 aromatic heterocycles. The lowest BCUT2D eigenvalue weighted by Crippen LogP contribution is -2.17. The van der Waals surface area contributed by atoms with Gasteiger partial charge in [-0.3, -0.25) is 4.79 Å². The van der Waals surface area contributed by atoms with Crippen molar-refractivity contribution in [1.82, 2.24) is 5.43 Å². The van der Waals surface area contributed by atoms with E-state index in [1.165, 1.54) is 32.6 Å². The maximum atomic E-state index is 13.6. The lowest BCUT2D eigenvalue weighted by molar-refractivity contribution is 0.0954. The number of amides is 1. The molecule has 0 aliphatic heterocycles. The molecule has 0 aliphatic rings. The molecular formula is C18H19FN2O4. The first-order valence-electron chi connectivity index (χ1n) is 7.56. The Morgan fingerprint density at radius 3 is 2.48 bits per heavy atom. The molecule has 2 aromatic carbocycles. The van der Waals surface area contributed by atoms with Gasteiger partial charge in [-0.25, -0.2) is 9.82 Å². The molecule has 0 heterocycles. The van der Waals surface area contributed by atoms with E-state index in [0.717, 1.165) is 0 Å². The second kappa shape index (κ2) is 8.68. The number of methoxy groups -OCH3 is 2. The Bertz CT molecular complexity index is 778. The maximum absolute atomic E-state index is 13.6. The van der Waals surface area contributed by atoms with Crippen molar-refractivity contribution in [2.24, 2.45) is 5.10 Å². The summed E-state index contributed by atoms with van der Waals surface area (Å²) in [4.78, 5) is 12.1. The van der Waals surface area contributed by atoms with Gasteiger partial charge in [0.05, 0.1) is 27.0 Å². The van der Waals surface area contributed by atoms with Crippen LogP contribution < -0.4 is 19.6 Å². The summed E-state index contributed by atoms with van der Waals surface area (Å²) in [6.07, 6.45) is 1.34. The van der Waals surface area contributed by atoms with Crippen molar-refractivity contribution in [3.05, 3.63) is 53.3 Å². The standard InChI is InChI=1S/C18H19FN2O4/c1-4-25-16-8-6-13(10-17(16)24-3)18(22)21-20-11-12-5-7-15(23-2)14(19)9-12/h5-11H,4H2,1-3H3,(H,21,22)/b20-11-. The third-order valence-corrected chi connectivity index (χ3v) is 3.28. The van der Waals surface area contributed by atoms with Gasteiger partial charge in [-0.1, -0.05) is 0 Å². The van der Waals surface area contributed by atoms with E-state index in [1.54, 1.807) is 24.3 Å². The van der Waals surface area contributed by atoms with Crippen LogP contribution in [0.2, 0.25) is 0 Å². The normalized spacial score (nSPS) is 10.6. The van der Waals surface area contributed by atoms with Gasteiger partial charge in [0.25, 0.3) is 5.91 Å². The van der Waals surface area contributed by atoms with Crippen molar-refractivity contribution in [1.29, 1.82) is 0 Å². The molecule has 0 saturated heterocycles. The van der Waals surface area contributed by atoms with Crippen LogP contribution in [0.1, 0.15) is 22.8 Å². The van der Waals surface area contributed by atoms with Crippen molar-refractivity contribution in [3.8, 4) is 17.2 Å². The fourth-order valence-electron chi connectivity index (χ4n) is 2.08. The van der Waals surface area contributed by atoms with E-state index in [2.05, 4.69) is 10.5 Å². The monoisotopic (exact) mass is 346 g/mol. The number of hydrazone groups is 1. The van der Waals surface area contributed by atoms with Crippen molar-refractivity contribution < 1.29 is 23.4 Å². The first-order valence-corrected chi connectivity index (χ1v) is 7.56. The summed E-state index contributed by atoms with van der Waals surface area (Å²) in [5.41, 5.74) is 3.23. The molecule has 1 amide bonds. The molecule has 0 unspecified atom stereocenters. The highest BCUT2D eigenvalue weighted by Crippen LogP contribution is 2.28. The minimum Gasteiger partial charge on any atom is -0.494 e. The minimum absolute atomic E-state index is 0.141. The quantitative estimate of drug-likeness (QED) is 0.618. The average Bonchev–Trinajstić information content (AvgIpc) is 2.62. The fourth-order valence-corrected chi connectivity index (χ4v) is 2.08. The second-order valence-electron chi connectivity index (χ2n) is 4.89. The zero-order valence-corrected chi connectivity index (χ0v) is 14.2. The molecule has 25 heavy (non-hydrogen) atoms. The Kier molecular flexibility index (Phi) is 6.33. The van der Waals surface area contributed by atoms with E-state index >= 15 is 0 Å². The number of hydrogen-bond donors (Lipinski definition) is 1. The van der Waals surface area contributed by atoms with Crippen LogP contribution in [-0.4, -0.2) is 32.9 Å². The molecule has 2 rings (SSSR count). The summed E-state index contributed by atoms with van der Waals surface area (Å²) in [6.45, 7) is 2.35. The molecule has 7 heteroatoms. The summed E-state index contributed by atoms with van der Waals surface area (Å²) < 4.78 is 29.0. The number of rotatable bonds is 7. The molecule has 2 aromatic rings. The van der Waals surface area contributed by atoms with Gasteiger partial charge < -0.3 is 14.2 Å². The van der Waals surface area contributed by atoms with E-state index in [-0.39, 0.29) is 5.75 Å². The van der Waals surface area contributed by atoms with Crippen LogP contribution in [0.5, 0.6) is 17.2 Å². The number of nitrogens with zero attached hydrogens (tertiary/aromatic N) is 1. The van der Waals surface area contributed by atoms with Crippen molar-refractivity contribution in [2.75, 3.05) is 20.8 Å². The maximum Gasteiger partial charge on any atom is 0.271 e. The number of ether oxygens (including phenoxy) is 3. The predicted octanol–water partition coefficient (Wildman–Crippen LogP) is 3.01. The summed E-state index contributed by atoms with van der Waals surface area (Å²) in [7, 11) is 2.88. The first kappa shape index (κ1) is 18.3. The fraction of sp³-hybridized carbons (Fsp3) is 0.222. The SMILES string of the molecule is CCOc1ccc(C(=O)N/N=C\c2ccc(OC)c(F)c2)cc1OC. The Labute approximate surface area is 145 Å². The third kappa shape index (κ3) is 4.69. The molecule has 1 N–H and O–H groups in total. The number of hydrogen-bond acceptors (Lipinski definition) is 5. The van der Waals surface area contributed by atoms with Gasteiger partial charge >= 0.3 is 0 Å². The molecule has 132 valence electrons. The summed E-state index contributed by atoms with van der Waals surface area (Å²) in [5, 5.41) is 3.82. The lowest BCUT2D eigenvalue weighted by Gasteiger charge is -2.10. The van der Waals surface area contributed by atoms with E-state index in [1.807, 2.05) is 6.92 Å². The van der Waals surface area contributed by atoms with Crippen molar-refractivity contribution in [2.45, 2.75) is 6.92 Å². The van der Waals surface area contributed by atoms with E-state index in [9.17, 15) is 9.18 Å². The molecule has 0 spiro atoms. The third-order valence-electron chi connectivity index (χ3n) is 3.28.